The highest BCUT2D eigenvalue weighted by Crippen LogP contribution is 2.33. The van der Waals surface area contributed by atoms with E-state index >= 15 is 0 Å². The van der Waals surface area contributed by atoms with Crippen molar-refractivity contribution < 1.29 is 9.53 Å². The lowest BCUT2D eigenvalue weighted by molar-refractivity contribution is 0.238. The molecule has 1 atom stereocenters. The van der Waals surface area contributed by atoms with Crippen LogP contribution in [0.1, 0.15) is 30.9 Å². The molecule has 0 saturated carbocycles. The van der Waals surface area contributed by atoms with Crippen LogP contribution in [0.3, 0.4) is 0 Å². The van der Waals surface area contributed by atoms with Crippen molar-refractivity contribution in [2.75, 3.05) is 30.3 Å². The van der Waals surface area contributed by atoms with Crippen LogP contribution in [-0.2, 0) is 0 Å². The van der Waals surface area contributed by atoms with Crippen LogP contribution in [-0.4, -0.2) is 46.2 Å². The van der Waals surface area contributed by atoms with Crippen molar-refractivity contribution in [3.05, 3.63) is 78.1 Å². The van der Waals surface area contributed by atoms with E-state index in [0.29, 0.717) is 35.3 Å². The number of fused-ring (bicyclic) bond motifs is 1. The number of nitrogens with zero attached hydrogens (tertiary/aromatic N) is 4. The zero-order chi connectivity index (χ0) is 26.5. The summed E-state index contributed by atoms with van der Waals surface area (Å²) in [7, 11) is 0. The summed E-state index contributed by atoms with van der Waals surface area (Å²) in [5, 5.41) is 23.5. The lowest BCUT2D eigenvalue weighted by atomic mass is 10.1. The van der Waals surface area contributed by atoms with E-state index in [1.807, 2.05) is 61.5 Å². The minimum atomic E-state index is -0.254. The molecule has 2 aromatic heterocycles. The molecule has 38 heavy (non-hydrogen) atoms. The molecule has 5 rings (SSSR count). The summed E-state index contributed by atoms with van der Waals surface area (Å²) in [6.45, 7) is 6.74. The van der Waals surface area contributed by atoms with E-state index in [9.17, 15) is 10.1 Å². The number of urea groups is 1. The number of anilines is 3. The van der Waals surface area contributed by atoms with Crippen LogP contribution in [0.5, 0.6) is 11.5 Å². The standard InChI is InChI=1S/C29H31N7O2/c1-3-35-15-7-8-23(35)18-31-29(37)34-26-19-36-28(20(26)2)27(21(16-30)17-32-36)33-22-11-13-25(14-12-22)38-24-9-5-4-6-10-24/h4-6,9-14,17,19,23,33H,3,7-8,15,18H2,1-2H3,(H2,31,34,37). The van der Waals surface area contributed by atoms with Gasteiger partial charge < -0.3 is 20.7 Å². The van der Waals surface area contributed by atoms with Crippen LogP contribution in [0.15, 0.2) is 67.0 Å². The Labute approximate surface area is 222 Å². The predicted octanol–water partition coefficient (Wildman–Crippen LogP) is 5.66. The number of hydrogen-bond acceptors (Lipinski definition) is 6. The Kier molecular flexibility index (Phi) is 7.43. The zero-order valence-corrected chi connectivity index (χ0v) is 21.6. The molecular weight excluding hydrogens is 478 g/mol. The number of nitriles is 1. The van der Waals surface area contributed by atoms with Crippen LogP contribution in [0.4, 0.5) is 21.9 Å². The van der Waals surface area contributed by atoms with Crippen LogP contribution < -0.4 is 20.7 Å². The van der Waals surface area contributed by atoms with Crippen LogP contribution >= 0.6 is 0 Å². The number of rotatable bonds is 8. The Bertz CT molecular complexity index is 1460. The number of aromatic nitrogens is 2. The maximum atomic E-state index is 12.7. The van der Waals surface area contributed by atoms with E-state index in [0.717, 1.165) is 48.4 Å². The van der Waals surface area contributed by atoms with Gasteiger partial charge >= 0.3 is 6.03 Å². The average Bonchev–Trinajstić information content (AvgIpc) is 3.53. The second-order valence-electron chi connectivity index (χ2n) is 9.33. The number of amides is 2. The van der Waals surface area contributed by atoms with E-state index < -0.39 is 0 Å². The third kappa shape index (κ3) is 5.41. The zero-order valence-electron chi connectivity index (χ0n) is 21.6. The van der Waals surface area contributed by atoms with Gasteiger partial charge in [-0.3, -0.25) is 4.90 Å². The molecule has 3 N–H and O–H groups in total. The van der Waals surface area contributed by atoms with E-state index in [4.69, 9.17) is 4.74 Å². The number of ether oxygens (including phenoxy) is 1. The summed E-state index contributed by atoms with van der Waals surface area (Å²) in [6, 6.07) is 19.4. The number of aryl methyl sites for hydroxylation is 1. The molecule has 1 unspecified atom stereocenters. The second-order valence-corrected chi connectivity index (χ2v) is 9.33. The van der Waals surface area contributed by atoms with Crippen LogP contribution in [0.25, 0.3) is 5.52 Å². The molecule has 0 radical (unpaired) electrons. The number of carbonyl (C=O) groups is 1. The lowest BCUT2D eigenvalue weighted by Crippen LogP contribution is -2.41. The molecule has 9 nitrogen and oxygen atoms in total. The van der Waals surface area contributed by atoms with Gasteiger partial charge in [-0.25, -0.2) is 9.31 Å². The average molecular weight is 510 g/mol. The quantitative estimate of drug-likeness (QED) is 0.283. The fourth-order valence-corrected chi connectivity index (χ4v) is 4.92. The van der Waals surface area contributed by atoms with Crippen molar-refractivity contribution in [1.29, 1.82) is 5.26 Å². The summed E-state index contributed by atoms with van der Waals surface area (Å²) >= 11 is 0. The molecule has 194 valence electrons. The van der Waals surface area contributed by atoms with Gasteiger partial charge in [0.15, 0.2) is 0 Å². The van der Waals surface area contributed by atoms with Crippen molar-refractivity contribution in [3.63, 3.8) is 0 Å². The minimum Gasteiger partial charge on any atom is -0.457 e. The van der Waals surface area contributed by atoms with E-state index in [2.05, 4.69) is 38.9 Å². The fraction of sp³-hybridized carbons (Fsp3) is 0.276. The van der Waals surface area contributed by atoms with Gasteiger partial charge in [-0.1, -0.05) is 25.1 Å². The molecule has 2 aromatic carbocycles. The molecule has 0 bridgehead atoms. The molecule has 1 saturated heterocycles. The summed E-state index contributed by atoms with van der Waals surface area (Å²) in [5.41, 5.74) is 3.98. The molecule has 4 aromatic rings. The van der Waals surface area contributed by atoms with Gasteiger partial charge in [0.2, 0.25) is 0 Å². The molecule has 0 spiro atoms. The first-order chi connectivity index (χ1) is 18.6. The van der Waals surface area contributed by atoms with E-state index in [-0.39, 0.29) is 6.03 Å². The van der Waals surface area contributed by atoms with Crippen molar-refractivity contribution in [1.82, 2.24) is 19.8 Å². The molecule has 3 heterocycles. The van der Waals surface area contributed by atoms with Crippen molar-refractivity contribution in [2.45, 2.75) is 32.7 Å². The highest BCUT2D eigenvalue weighted by atomic mass is 16.5. The third-order valence-electron chi connectivity index (χ3n) is 6.93. The highest BCUT2D eigenvalue weighted by molar-refractivity contribution is 5.94. The van der Waals surface area contributed by atoms with Gasteiger partial charge in [-0.2, -0.15) is 10.4 Å². The third-order valence-corrected chi connectivity index (χ3v) is 6.93. The molecular formula is C29H31N7O2. The summed E-state index contributed by atoms with van der Waals surface area (Å²) < 4.78 is 7.56. The van der Waals surface area contributed by atoms with Gasteiger partial charge in [0.25, 0.3) is 0 Å². The largest absolute Gasteiger partial charge is 0.457 e. The summed E-state index contributed by atoms with van der Waals surface area (Å²) in [5.74, 6) is 1.47. The summed E-state index contributed by atoms with van der Waals surface area (Å²) in [4.78, 5) is 15.1. The Morgan fingerprint density at radius 1 is 1.16 bits per heavy atom. The highest BCUT2D eigenvalue weighted by Gasteiger charge is 2.23. The van der Waals surface area contributed by atoms with Crippen LogP contribution in [0.2, 0.25) is 0 Å². The molecule has 1 aliphatic rings. The first-order valence-electron chi connectivity index (χ1n) is 12.9. The van der Waals surface area contributed by atoms with Gasteiger partial charge in [0.05, 0.1) is 34.8 Å². The second kappa shape index (κ2) is 11.2. The van der Waals surface area contributed by atoms with E-state index in [1.54, 1.807) is 10.7 Å². The Morgan fingerprint density at radius 3 is 2.66 bits per heavy atom. The van der Waals surface area contributed by atoms with Gasteiger partial charge in [-0.05, 0) is 69.3 Å². The number of carbonyl (C=O) groups excluding carboxylic acids is 1. The number of nitrogens with one attached hydrogen (secondary N) is 3. The normalized spacial score (nSPS) is 15.2. The van der Waals surface area contributed by atoms with Crippen molar-refractivity contribution >= 4 is 28.6 Å². The minimum absolute atomic E-state index is 0.254. The first kappa shape index (κ1) is 25.1. The van der Waals surface area contributed by atoms with Crippen LogP contribution in [0, 0.1) is 18.3 Å². The number of likely N-dealkylation sites (N-methyl/N-ethyl adjacent to an activating group) is 1. The van der Waals surface area contributed by atoms with Gasteiger partial charge in [0.1, 0.15) is 17.6 Å². The smallest absolute Gasteiger partial charge is 0.319 e. The number of benzene rings is 2. The Hall–Kier alpha value is -4.55. The number of hydrogen-bond donors (Lipinski definition) is 3. The van der Waals surface area contributed by atoms with Crippen molar-refractivity contribution in [3.8, 4) is 17.6 Å². The Morgan fingerprint density at radius 2 is 1.92 bits per heavy atom. The maximum absolute atomic E-state index is 12.7. The number of likely N-dealkylation sites (tertiary alicyclic amines) is 1. The van der Waals surface area contributed by atoms with E-state index in [1.165, 1.54) is 6.20 Å². The monoisotopic (exact) mass is 509 g/mol. The molecule has 1 aliphatic heterocycles. The topological polar surface area (TPSA) is 107 Å². The molecule has 0 aliphatic carbocycles. The summed E-state index contributed by atoms with van der Waals surface area (Å²) in [6.07, 6.45) is 5.54. The molecule has 1 fully saturated rings. The Balaban J connectivity index is 1.33. The van der Waals surface area contributed by atoms with Gasteiger partial charge in [-0.15, -0.1) is 0 Å². The fourth-order valence-electron chi connectivity index (χ4n) is 4.92. The SMILES string of the molecule is CCN1CCCC1CNC(=O)Nc1cn2ncc(C#N)c(Nc3ccc(Oc4ccccc4)cc3)c2c1C. The lowest BCUT2D eigenvalue weighted by Gasteiger charge is -2.22. The van der Waals surface area contributed by atoms with Crippen molar-refractivity contribution in [2.24, 2.45) is 0 Å². The first-order valence-corrected chi connectivity index (χ1v) is 12.9. The molecule has 2 amide bonds. The van der Waals surface area contributed by atoms with Gasteiger partial charge in [0, 0.05) is 23.8 Å². The number of para-hydroxylation sites is 1. The maximum Gasteiger partial charge on any atom is 0.319 e. The molecule has 9 heteroatoms. The predicted molar refractivity (Wildman–Crippen MR) is 148 cm³/mol.